The summed E-state index contributed by atoms with van der Waals surface area (Å²) in [6, 6.07) is 10.1. The molecular formula is C23H21FN4O2S2. The maximum absolute atomic E-state index is 13.2. The quantitative estimate of drug-likeness (QED) is 0.459. The van der Waals surface area contributed by atoms with Crippen LogP contribution in [0.1, 0.15) is 29.0 Å². The van der Waals surface area contributed by atoms with E-state index < -0.39 is 0 Å². The molecule has 4 heterocycles. The Bertz CT molecular complexity index is 1290. The Morgan fingerprint density at radius 2 is 2.00 bits per heavy atom. The minimum Gasteiger partial charge on any atom is -0.349 e. The number of halogens is 1. The molecule has 32 heavy (non-hydrogen) atoms. The summed E-state index contributed by atoms with van der Waals surface area (Å²) >= 11 is 2.88. The first-order chi connectivity index (χ1) is 15.5. The Balaban J connectivity index is 1.24. The highest BCUT2D eigenvalue weighted by atomic mass is 32.1. The van der Waals surface area contributed by atoms with Crippen molar-refractivity contribution in [2.75, 3.05) is 13.1 Å². The zero-order chi connectivity index (χ0) is 22.1. The molecule has 6 nitrogen and oxygen atoms in total. The Morgan fingerprint density at radius 1 is 1.22 bits per heavy atom. The van der Waals surface area contributed by atoms with E-state index in [1.54, 1.807) is 12.1 Å². The van der Waals surface area contributed by atoms with Crippen molar-refractivity contribution in [3.8, 4) is 10.4 Å². The van der Waals surface area contributed by atoms with E-state index in [0.717, 1.165) is 36.4 Å². The largest absolute Gasteiger partial charge is 0.349 e. The third kappa shape index (κ3) is 4.50. The number of rotatable bonds is 5. The van der Waals surface area contributed by atoms with Crippen molar-refractivity contribution in [3.05, 3.63) is 74.7 Å². The first kappa shape index (κ1) is 21.0. The molecule has 0 unspecified atom stereocenters. The maximum atomic E-state index is 13.2. The Kier molecular flexibility index (Phi) is 5.86. The standard InChI is InChI=1S/C23H21FN4O2S2/c24-16-3-1-14(2-4-16)19-11-18-21(32-19)23(30)27-20(26-18)12-28-8-5-17(6-9-28)25-22(29)15-7-10-31-13-15/h1-4,7,10-11,13,17H,5-6,8-9,12H2,(H,25,29)(H,26,27,30). The molecule has 0 spiro atoms. The Hall–Kier alpha value is -2.88. The molecule has 1 aromatic carbocycles. The summed E-state index contributed by atoms with van der Waals surface area (Å²) in [4.78, 5) is 35.6. The number of nitrogens with zero attached hydrogens (tertiary/aromatic N) is 2. The fourth-order valence-corrected chi connectivity index (χ4v) is 5.56. The average molecular weight is 469 g/mol. The summed E-state index contributed by atoms with van der Waals surface area (Å²) in [6.45, 7) is 2.19. The van der Waals surface area contributed by atoms with E-state index >= 15 is 0 Å². The number of benzene rings is 1. The minimum atomic E-state index is -0.289. The average Bonchev–Trinajstić information content (AvgIpc) is 3.46. The molecule has 3 aromatic heterocycles. The maximum Gasteiger partial charge on any atom is 0.268 e. The molecule has 1 saturated heterocycles. The lowest BCUT2D eigenvalue weighted by Crippen LogP contribution is -2.44. The lowest BCUT2D eigenvalue weighted by molar-refractivity contribution is 0.0908. The lowest BCUT2D eigenvalue weighted by Gasteiger charge is -2.31. The number of hydrogen-bond donors (Lipinski definition) is 2. The summed E-state index contributed by atoms with van der Waals surface area (Å²) in [7, 11) is 0. The summed E-state index contributed by atoms with van der Waals surface area (Å²) in [5.41, 5.74) is 2.08. The predicted octanol–water partition coefficient (Wildman–Crippen LogP) is 4.25. The van der Waals surface area contributed by atoms with E-state index in [1.807, 2.05) is 22.9 Å². The van der Waals surface area contributed by atoms with Gasteiger partial charge in [-0.1, -0.05) is 12.1 Å². The van der Waals surface area contributed by atoms with Crippen LogP contribution in [0.5, 0.6) is 0 Å². The smallest absolute Gasteiger partial charge is 0.268 e. The fourth-order valence-electron chi connectivity index (χ4n) is 3.93. The van der Waals surface area contributed by atoms with Crippen LogP contribution in [0.4, 0.5) is 4.39 Å². The second-order valence-electron chi connectivity index (χ2n) is 7.88. The van der Waals surface area contributed by atoms with Crippen LogP contribution in [0.2, 0.25) is 0 Å². The van der Waals surface area contributed by atoms with Gasteiger partial charge in [-0.25, -0.2) is 9.37 Å². The summed E-state index contributed by atoms with van der Waals surface area (Å²) in [5, 5.41) is 6.86. The number of aromatic nitrogens is 2. The summed E-state index contributed by atoms with van der Waals surface area (Å²) < 4.78 is 13.8. The zero-order valence-corrected chi connectivity index (χ0v) is 18.8. The molecule has 4 aromatic rings. The van der Waals surface area contributed by atoms with Crippen molar-refractivity contribution in [1.29, 1.82) is 0 Å². The lowest BCUT2D eigenvalue weighted by atomic mass is 10.0. The third-order valence-electron chi connectivity index (χ3n) is 5.64. The number of nitrogens with one attached hydrogen (secondary N) is 2. The van der Waals surface area contributed by atoms with Crippen LogP contribution in [0, 0.1) is 5.82 Å². The zero-order valence-electron chi connectivity index (χ0n) is 17.1. The van der Waals surface area contributed by atoms with Crippen molar-refractivity contribution >= 4 is 38.8 Å². The van der Waals surface area contributed by atoms with Crippen LogP contribution in [0.15, 0.2) is 52.0 Å². The molecule has 9 heteroatoms. The Labute approximate surface area is 191 Å². The van der Waals surface area contributed by atoms with E-state index in [9.17, 15) is 14.0 Å². The van der Waals surface area contributed by atoms with Gasteiger partial charge in [0.2, 0.25) is 0 Å². The molecule has 164 valence electrons. The van der Waals surface area contributed by atoms with Gasteiger partial charge in [-0.05, 0) is 48.1 Å². The van der Waals surface area contributed by atoms with Crippen LogP contribution in [-0.4, -0.2) is 39.9 Å². The van der Waals surface area contributed by atoms with Gasteiger partial charge in [0.15, 0.2) is 0 Å². The molecule has 5 rings (SSSR count). The van der Waals surface area contributed by atoms with E-state index in [0.29, 0.717) is 28.1 Å². The van der Waals surface area contributed by atoms with E-state index in [-0.39, 0.29) is 23.3 Å². The number of aromatic amines is 1. The number of thiophene rings is 2. The van der Waals surface area contributed by atoms with Crippen molar-refractivity contribution in [3.63, 3.8) is 0 Å². The molecular weight excluding hydrogens is 447 g/mol. The molecule has 1 aliphatic heterocycles. The highest BCUT2D eigenvalue weighted by molar-refractivity contribution is 7.22. The number of piperidine rings is 1. The monoisotopic (exact) mass is 468 g/mol. The van der Waals surface area contributed by atoms with E-state index in [2.05, 4.69) is 20.2 Å². The Morgan fingerprint density at radius 3 is 2.72 bits per heavy atom. The number of carbonyl (C=O) groups excluding carboxylic acids is 1. The second kappa shape index (κ2) is 8.93. The molecule has 0 radical (unpaired) electrons. The van der Waals surface area contributed by atoms with Crippen LogP contribution in [0.3, 0.4) is 0 Å². The van der Waals surface area contributed by atoms with Crippen molar-refractivity contribution in [1.82, 2.24) is 20.2 Å². The van der Waals surface area contributed by atoms with Gasteiger partial charge in [0.05, 0.1) is 12.1 Å². The SMILES string of the molecule is O=C(NC1CCN(Cc2nc3cc(-c4ccc(F)cc4)sc3c(=O)[nH]2)CC1)c1ccsc1. The normalized spacial score (nSPS) is 15.3. The van der Waals surface area contributed by atoms with Gasteiger partial charge in [-0.2, -0.15) is 11.3 Å². The van der Waals surface area contributed by atoms with Crippen LogP contribution in [0.25, 0.3) is 20.7 Å². The van der Waals surface area contributed by atoms with Crippen LogP contribution >= 0.6 is 22.7 Å². The van der Waals surface area contributed by atoms with Gasteiger partial charge in [0.1, 0.15) is 16.3 Å². The van der Waals surface area contributed by atoms with Gasteiger partial charge >= 0.3 is 0 Å². The third-order valence-corrected chi connectivity index (χ3v) is 7.50. The van der Waals surface area contributed by atoms with E-state index in [4.69, 9.17) is 0 Å². The first-order valence-electron chi connectivity index (χ1n) is 10.4. The van der Waals surface area contributed by atoms with E-state index in [1.165, 1.54) is 34.8 Å². The number of fused-ring (bicyclic) bond motifs is 1. The fraction of sp³-hybridized carbons (Fsp3) is 0.261. The van der Waals surface area contributed by atoms with Crippen molar-refractivity contribution < 1.29 is 9.18 Å². The number of hydrogen-bond acceptors (Lipinski definition) is 6. The number of amides is 1. The first-order valence-corrected chi connectivity index (χ1v) is 12.2. The van der Waals surface area contributed by atoms with Gasteiger partial charge in [0, 0.05) is 35.0 Å². The molecule has 0 saturated carbocycles. The van der Waals surface area contributed by atoms with Crippen LogP contribution < -0.4 is 10.9 Å². The molecule has 0 atom stereocenters. The highest BCUT2D eigenvalue weighted by Crippen LogP contribution is 2.31. The highest BCUT2D eigenvalue weighted by Gasteiger charge is 2.22. The van der Waals surface area contributed by atoms with Crippen molar-refractivity contribution in [2.45, 2.75) is 25.4 Å². The second-order valence-corrected chi connectivity index (χ2v) is 9.71. The minimum absolute atomic E-state index is 0.0180. The summed E-state index contributed by atoms with van der Waals surface area (Å²) in [5.74, 6) is 0.324. The van der Waals surface area contributed by atoms with Crippen LogP contribution in [-0.2, 0) is 6.54 Å². The topological polar surface area (TPSA) is 78.1 Å². The molecule has 1 fully saturated rings. The predicted molar refractivity (Wildman–Crippen MR) is 126 cm³/mol. The van der Waals surface area contributed by atoms with Gasteiger partial charge in [-0.3, -0.25) is 14.5 Å². The molecule has 0 bridgehead atoms. The number of likely N-dealkylation sites (tertiary alicyclic amines) is 1. The number of H-pyrrole nitrogens is 1. The molecule has 1 aliphatic rings. The van der Waals surface area contributed by atoms with Gasteiger partial charge in [0.25, 0.3) is 11.5 Å². The van der Waals surface area contributed by atoms with Gasteiger partial charge in [-0.15, -0.1) is 11.3 Å². The molecule has 2 N–H and O–H groups in total. The molecule has 1 amide bonds. The molecule has 0 aliphatic carbocycles. The summed E-state index contributed by atoms with van der Waals surface area (Å²) in [6.07, 6.45) is 1.71. The number of carbonyl (C=O) groups is 1. The van der Waals surface area contributed by atoms with Gasteiger partial charge < -0.3 is 10.3 Å². The van der Waals surface area contributed by atoms with Crippen molar-refractivity contribution in [2.24, 2.45) is 0 Å².